The minimum atomic E-state index is -1.11. The number of Topliss-reactive ketones (excluding diaryl/α,β-unsaturated/α-hetero) is 1. The number of hydrogen-bond acceptors (Lipinski definition) is 8. The van der Waals surface area contributed by atoms with Gasteiger partial charge in [-0.15, -0.1) is 0 Å². The Kier molecular flexibility index (Phi) is 10.1. The van der Waals surface area contributed by atoms with Gasteiger partial charge in [0.05, 0.1) is 37.1 Å². The summed E-state index contributed by atoms with van der Waals surface area (Å²) >= 11 is 0. The summed E-state index contributed by atoms with van der Waals surface area (Å²) < 4.78 is 10.8. The van der Waals surface area contributed by atoms with Crippen LogP contribution in [0.4, 0.5) is 16.5 Å². The molecule has 1 unspecified atom stereocenters. The minimum Gasteiger partial charge on any atom is -0.497 e. The predicted molar refractivity (Wildman–Crippen MR) is 177 cm³/mol. The topological polar surface area (TPSA) is 125 Å². The quantitative estimate of drug-likeness (QED) is 0.153. The van der Waals surface area contributed by atoms with Crippen LogP contribution in [0.25, 0.3) is 10.9 Å². The van der Waals surface area contributed by atoms with Crippen molar-refractivity contribution >= 4 is 34.5 Å². The number of anilines is 2. The average Bonchev–Trinajstić information content (AvgIpc) is 3.07. The van der Waals surface area contributed by atoms with Crippen LogP contribution in [0.2, 0.25) is 0 Å². The number of nitrogens with zero attached hydrogens (tertiary/aromatic N) is 3. The summed E-state index contributed by atoms with van der Waals surface area (Å²) in [7, 11) is 1.59. The smallest absolute Gasteiger partial charge is 0.412 e. The lowest BCUT2D eigenvalue weighted by atomic mass is 9.99. The summed E-state index contributed by atoms with van der Waals surface area (Å²) in [6.07, 6.45) is -1.11. The van der Waals surface area contributed by atoms with Crippen LogP contribution < -0.4 is 20.6 Å². The highest BCUT2D eigenvalue weighted by Gasteiger charge is 2.27. The Bertz CT molecular complexity index is 1860. The van der Waals surface area contributed by atoms with E-state index in [0.29, 0.717) is 41.2 Å². The molecule has 46 heavy (non-hydrogen) atoms. The van der Waals surface area contributed by atoms with Crippen LogP contribution in [0.3, 0.4) is 0 Å². The van der Waals surface area contributed by atoms with Crippen LogP contribution in [-0.2, 0) is 17.9 Å². The van der Waals surface area contributed by atoms with E-state index in [9.17, 15) is 19.5 Å². The number of para-hydroxylation sites is 1. The first kappa shape index (κ1) is 31.9. The predicted octanol–water partition coefficient (Wildman–Crippen LogP) is 6.43. The first-order chi connectivity index (χ1) is 22.3. The fraction of sp³-hybridized carbons (Fsp3) is 0.222. The zero-order chi connectivity index (χ0) is 32.6. The molecule has 0 saturated carbocycles. The van der Waals surface area contributed by atoms with Crippen molar-refractivity contribution in [2.75, 3.05) is 30.4 Å². The molecule has 0 radical (unpaired) electrons. The Hall–Kier alpha value is -5.48. The molecule has 0 aliphatic rings. The van der Waals surface area contributed by atoms with Crippen molar-refractivity contribution in [1.82, 2.24) is 9.88 Å². The van der Waals surface area contributed by atoms with Gasteiger partial charge >= 0.3 is 11.7 Å². The van der Waals surface area contributed by atoms with Crippen molar-refractivity contribution in [3.63, 3.8) is 0 Å². The summed E-state index contributed by atoms with van der Waals surface area (Å²) in [4.78, 5) is 46.9. The van der Waals surface area contributed by atoms with Gasteiger partial charge in [-0.3, -0.25) is 14.6 Å². The zero-order valence-electron chi connectivity index (χ0n) is 26.0. The number of rotatable bonds is 13. The third-order valence-corrected chi connectivity index (χ3v) is 7.95. The van der Waals surface area contributed by atoms with E-state index in [1.807, 2.05) is 67.6 Å². The highest BCUT2D eigenvalue weighted by Crippen LogP contribution is 2.27. The Morgan fingerprint density at radius 2 is 1.61 bits per heavy atom. The first-order valence-electron chi connectivity index (χ1n) is 15.0. The third-order valence-electron chi connectivity index (χ3n) is 7.95. The molecule has 0 fully saturated rings. The lowest BCUT2D eigenvalue weighted by molar-refractivity contribution is -0.123. The number of ether oxygens (including phenoxy) is 1. The van der Waals surface area contributed by atoms with Crippen LogP contribution in [0.15, 0.2) is 106 Å². The second-order valence-corrected chi connectivity index (χ2v) is 10.8. The van der Waals surface area contributed by atoms with Crippen molar-refractivity contribution in [2.45, 2.75) is 33.0 Å². The number of likely N-dealkylation sites (N-methyl/N-ethyl adjacent to an activating group) is 1. The van der Waals surface area contributed by atoms with E-state index in [0.717, 1.165) is 11.1 Å². The van der Waals surface area contributed by atoms with E-state index in [-0.39, 0.29) is 30.3 Å². The molecule has 2 N–H and O–H groups in total. The maximum absolute atomic E-state index is 13.8. The average molecular weight is 621 g/mol. The molecular weight excluding hydrogens is 584 g/mol. The minimum absolute atomic E-state index is 0.0404. The lowest BCUT2D eigenvalue weighted by Crippen LogP contribution is -2.36. The zero-order valence-corrected chi connectivity index (χ0v) is 26.0. The molecule has 0 aliphatic heterocycles. The molecule has 0 spiro atoms. The highest BCUT2D eigenvalue weighted by molar-refractivity contribution is 5.89. The van der Waals surface area contributed by atoms with E-state index in [1.165, 1.54) is 4.90 Å². The van der Waals surface area contributed by atoms with E-state index >= 15 is 0 Å². The summed E-state index contributed by atoms with van der Waals surface area (Å²) in [5, 5.41) is 13.0. The monoisotopic (exact) mass is 620 g/mol. The van der Waals surface area contributed by atoms with E-state index in [4.69, 9.17) is 9.15 Å². The Labute approximate surface area is 266 Å². The maximum atomic E-state index is 13.8. The number of fused-ring (bicyclic) bond motifs is 1. The Morgan fingerprint density at radius 1 is 0.935 bits per heavy atom. The summed E-state index contributed by atoms with van der Waals surface area (Å²) in [6.45, 7) is 4.84. The first-order valence-corrected chi connectivity index (χ1v) is 15.0. The van der Waals surface area contributed by atoms with Crippen molar-refractivity contribution < 1.29 is 23.8 Å². The molecule has 4 aromatic carbocycles. The number of benzene rings is 4. The number of carbonyl (C=O) groups is 2. The van der Waals surface area contributed by atoms with E-state index in [2.05, 4.69) is 15.2 Å². The molecule has 5 rings (SSSR count). The molecule has 5 aromatic rings. The molecule has 1 aromatic heterocycles. The van der Waals surface area contributed by atoms with Gasteiger partial charge in [0.15, 0.2) is 5.78 Å². The summed E-state index contributed by atoms with van der Waals surface area (Å²) in [5.74, 6) is 0.559. The van der Waals surface area contributed by atoms with Gasteiger partial charge in [0.1, 0.15) is 5.75 Å². The molecule has 1 atom stereocenters. The van der Waals surface area contributed by atoms with Crippen LogP contribution in [0, 0.1) is 6.92 Å². The molecule has 10 heteroatoms. The second kappa shape index (κ2) is 14.5. The molecule has 236 valence electrons. The van der Waals surface area contributed by atoms with Crippen LogP contribution in [0.1, 0.15) is 35.2 Å². The number of carboxylic acid groups (broad SMARTS) is 1. The SMILES string of the molecule is CCN(Cc1ccccc1)C(C(=O)CNc1nc2ccc(CN(C(=O)O)c3ccccc3)c(C)c2c(=O)o1)c1ccc(OC)cc1. The van der Waals surface area contributed by atoms with Gasteiger partial charge in [-0.05, 0) is 66.1 Å². The Morgan fingerprint density at radius 3 is 2.24 bits per heavy atom. The van der Waals surface area contributed by atoms with Crippen LogP contribution >= 0.6 is 0 Å². The van der Waals surface area contributed by atoms with Gasteiger partial charge in [-0.1, -0.05) is 73.7 Å². The van der Waals surface area contributed by atoms with Gasteiger partial charge in [0.25, 0.3) is 6.01 Å². The number of aromatic nitrogens is 1. The lowest BCUT2D eigenvalue weighted by Gasteiger charge is -2.30. The van der Waals surface area contributed by atoms with Crippen LogP contribution in [0.5, 0.6) is 5.75 Å². The van der Waals surface area contributed by atoms with Gasteiger partial charge in [0.2, 0.25) is 0 Å². The van der Waals surface area contributed by atoms with Gasteiger partial charge in [-0.25, -0.2) is 9.59 Å². The fourth-order valence-corrected chi connectivity index (χ4v) is 5.51. The van der Waals surface area contributed by atoms with Gasteiger partial charge in [-0.2, -0.15) is 4.98 Å². The molecule has 10 nitrogen and oxygen atoms in total. The molecule has 0 aliphatic carbocycles. The molecule has 0 bridgehead atoms. The highest BCUT2D eigenvalue weighted by atomic mass is 16.5. The maximum Gasteiger partial charge on any atom is 0.412 e. The number of methoxy groups -OCH3 is 1. The van der Waals surface area contributed by atoms with E-state index < -0.39 is 17.8 Å². The number of nitrogens with one attached hydrogen (secondary N) is 1. The number of hydrogen-bond donors (Lipinski definition) is 2. The van der Waals surface area contributed by atoms with Crippen molar-refractivity contribution in [3.05, 3.63) is 130 Å². The van der Waals surface area contributed by atoms with Crippen molar-refractivity contribution in [3.8, 4) is 5.75 Å². The molecular formula is C36H36N4O6. The van der Waals surface area contributed by atoms with Crippen molar-refractivity contribution in [2.24, 2.45) is 0 Å². The molecule has 1 heterocycles. The Balaban J connectivity index is 1.38. The standard InChI is InChI=1S/C36H36N4O6/c1-4-39(22-25-11-7-5-8-12-25)33(26-15-18-29(45-3)19-16-26)31(41)21-37-35-38-30-20-17-27(24(2)32(30)34(42)46-35)23-40(36(43)44)28-13-9-6-10-14-28/h5-20,33H,4,21-23H2,1-3H3,(H,37,38)(H,43,44). The number of aryl methyl sites for hydroxylation is 1. The third kappa shape index (κ3) is 7.24. The number of amides is 1. The van der Waals surface area contributed by atoms with Crippen LogP contribution in [-0.4, -0.2) is 47.1 Å². The largest absolute Gasteiger partial charge is 0.497 e. The number of ketones is 1. The second-order valence-electron chi connectivity index (χ2n) is 10.8. The normalized spacial score (nSPS) is 11.7. The van der Waals surface area contributed by atoms with Gasteiger partial charge < -0.3 is 19.6 Å². The van der Waals surface area contributed by atoms with Gasteiger partial charge in [0, 0.05) is 12.2 Å². The molecule has 0 saturated heterocycles. The molecule has 1 amide bonds. The summed E-state index contributed by atoms with van der Waals surface area (Å²) in [6, 6.07) is 28.9. The fourth-order valence-electron chi connectivity index (χ4n) is 5.51. The summed E-state index contributed by atoms with van der Waals surface area (Å²) in [5.41, 5.74) is 3.36. The number of carbonyl (C=O) groups excluding carboxylic acids is 1. The van der Waals surface area contributed by atoms with E-state index in [1.54, 1.807) is 50.4 Å². The van der Waals surface area contributed by atoms with Crippen molar-refractivity contribution in [1.29, 1.82) is 0 Å².